The van der Waals surface area contributed by atoms with Crippen LogP contribution in [0.2, 0.25) is 0 Å². The molecular formula is C24H24N3O3S+. The lowest BCUT2D eigenvalue weighted by atomic mass is 10.3. The molecule has 2 aromatic heterocycles. The molecule has 31 heavy (non-hydrogen) atoms. The Morgan fingerprint density at radius 2 is 1.84 bits per heavy atom. The summed E-state index contributed by atoms with van der Waals surface area (Å²) in [5.41, 5.74) is 3.76. The molecule has 0 bridgehead atoms. The molecule has 7 heteroatoms. The molecule has 1 N–H and O–H groups in total. The maximum absolute atomic E-state index is 13.3. The molecule has 2 aromatic carbocycles. The first-order valence-corrected chi connectivity index (χ1v) is 10.4. The highest BCUT2D eigenvalue weighted by Crippen LogP contribution is 2.29. The molecule has 0 aliphatic carbocycles. The molecule has 6 nitrogen and oxygen atoms in total. The van der Waals surface area contributed by atoms with Crippen molar-refractivity contribution in [1.29, 1.82) is 0 Å². The number of methoxy groups -OCH3 is 1. The van der Waals surface area contributed by atoms with Crippen LogP contribution in [0.25, 0.3) is 11.3 Å². The lowest BCUT2D eigenvalue weighted by molar-refractivity contribution is -0.514. The van der Waals surface area contributed by atoms with Gasteiger partial charge in [0.25, 0.3) is 11.3 Å². The molecule has 2 heterocycles. The molecular weight excluding hydrogens is 410 g/mol. The van der Waals surface area contributed by atoms with Gasteiger partial charge in [-0.15, -0.1) is 0 Å². The fourth-order valence-electron chi connectivity index (χ4n) is 3.52. The third-order valence-electron chi connectivity index (χ3n) is 4.94. The molecule has 0 aliphatic rings. The molecule has 0 spiro atoms. The molecule has 0 fully saturated rings. The first-order valence-electron chi connectivity index (χ1n) is 9.96. The Kier molecular flexibility index (Phi) is 5.86. The standard InChI is InChI=1S/C24H23N3O3S/c1-4-30-20-8-6-5-7-19(20)27-21-14-9-16(2)15-26(21)22(24(27)31)23(28)25-17-10-12-18(29-3)13-11-17/h5-15H,4H2,1-3H3,(H-,25,28,31)/p+1. The molecule has 4 rings (SSSR count). The molecule has 158 valence electrons. The van der Waals surface area contributed by atoms with Gasteiger partial charge in [-0.05, 0) is 61.9 Å². The summed E-state index contributed by atoms with van der Waals surface area (Å²) in [6.07, 6.45) is 1.93. The quantitative estimate of drug-likeness (QED) is 0.348. The fourth-order valence-corrected chi connectivity index (χ4v) is 3.93. The maximum atomic E-state index is 13.3. The van der Waals surface area contributed by atoms with Crippen LogP contribution in [0, 0.1) is 6.92 Å². The number of pyridine rings is 1. The number of nitrogens with zero attached hydrogens (tertiary/aromatic N) is 2. The summed E-state index contributed by atoms with van der Waals surface area (Å²) in [7, 11) is 1.61. The molecule has 4 aromatic rings. The van der Waals surface area contributed by atoms with Crippen molar-refractivity contribution in [2.24, 2.45) is 0 Å². The number of nitrogens with one attached hydrogen (secondary N) is 1. The first-order chi connectivity index (χ1) is 15.0. The van der Waals surface area contributed by atoms with Crippen molar-refractivity contribution in [1.82, 2.24) is 4.57 Å². The zero-order valence-corrected chi connectivity index (χ0v) is 18.5. The summed E-state index contributed by atoms with van der Waals surface area (Å²) < 4.78 is 14.8. The number of hydrogen-bond donors (Lipinski definition) is 2. The highest BCUT2D eigenvalue weighted by atomic mass is 32.1. The van der Waals surface area contributed by atoms with E-state index in [-0.39, 0.29) is 5.91 Å². The predicted molar refractivity (Wildman–Crippen MR) is 123 cm³/mol. The number of carbonyl (C=O) groups is 1. The van der Waals surface area contributed by atoms with Crippen molar-refractivity contribution in [3.63, 3.8) is 0 Å². The van der Waals surface area contributed by atoms with Crippen LogP contribution in [0.1, 0.15) is 23.0 Å². The fraction of sp³-hybridized carbons (Fsp3) is 0.167. The van der Waals surface area contributed by atoms with E-state index in [2.05, 4.69) is 5.32 Å². The van der Waals surface area contributed by atoms with E-state index in [4.69, 9.17) is 22.1 Å². The Hall–Kier alpha value is -3.45. The highest BCUT2D eigenvalue weighted by molar-refractivity contribution is 7.80. The summed E-state index contributed by atoms with van der Waals surface area (Å²) >= 11 is 4.77. The van der Waals surface area contributed by atoms with Crippen molar-refractivity contribution in [3.05, 3.63) is 78.1 Å². The Bertz CT molecular complexity index is 1250. The van der Waals surface area contributed by atoms with Crippen molar-refractivity contribution in [2.75, 3.05) is 19.0 Å². The summed E-state index contributed by atoms with van der Waals surface area (Å²) in [5, 5.41) is 3.48. The topological polar surface area (TPSA) is 56.6 Å². The number of ether oxygens (including phenoxy) is 2. The van der Waals surface area contributed by atoms with Gasteiger partial charge in [0.1, 0.15) is 5.75 Å². The van der Waals surface area contributed by atoms with Gasteiger partial charge in [0, 0.05) is 11.8 Å². The molecule has 0 atom stereocenters. The minimum Gasteiger partial charge on any atom is -0.497 e. The third-order valence-corrected chi connectivity index (χ3v) is 5.35. The zero-order chi connectivity index (χ0) is 22.0. The van der Waals surface area contributed by atoms with Gasteiger partial charge in [-0.2, -0.15) is 8.97 Å². The van der Waals surface area contributed by atoms with E-state index >= 15 is 0 Å². The van der Waals surface area contributed by atoms with Crippen molar-refractivity contribution < 1.29 is 18.7 Å². The number of amides is 1. The number of imidazole rings is 1. The van der Waals surface area contributed by atoms with E-state index in [1.54, 1.807) is 31.4 Å². The van der Waals surface area contributed by atoms with Crippen LogP contribution >= 0.6 is 12.6 Å². The van der Waals surface area contributed by atoms with E-state index in [0.29, 0.717) is 23.0 Å². The number of aryl methyl sites for hydroxylation is 1. The van der Waals surface area contributed by atoms with Crippen LogP contribution in [0.3, 0.4) is 0 Å². The third kappa shape index (κ3) is 3.96. The van der Waals surface area contributed by atoms with Gasteiger partial charge in [-0.25, -0.2) is 0 Å². The average molecular weight is 435 g/mol. The molecule has 1 amide bonds. The Morgan fingerprint density at radius 1 is 1.10 bits per heavy atom. The van der Waals surface area contributed by atoms with E-state index in [9.17, 15) is 4.79 Å². The minimum absolute atomic E-state index is 0.261. The number of rotatable bonds is 6. The molecule has 0 unspecified atom stereocenters. The Morgan fingerprint density at radius 3 is 2.55 bits per heavy atom. The second-order valence-corrected chi connectivity index (χ2v) is 7.45. The van der Waals surface area contributed by atoms with Crippen LogP contribution in [0.4, 0.5) is 5.69 Å². The number of anilines is 1. The Labute approximate surface area is 186 Å². The van der Waals surface area contributed by atoms with Crippen LogP contribution < -0.4 is 19.2 Å². The van der Waals surface area contributed by atoms with Crippen molar-refractivity contribution in [2.45, 2.75) is 18.9 Å². The van der Waals surface area contributed by atoms with E-state index in [0.717, 1.165) is 28.4 Å². The molecule has 0 aliphatic heterocycles. The monoisotopic (exact) mass is 434 g/mol. The predicted octanol–water partition coefficient (Wildman–Crippen LogP) is 4.47. The van der Waals surface area contributed by atoms with Gasteiger partial charge in [0.2, 0.25) is 5.03 Å². The molecule has 0 saturated carbocycles. The van der Waals surface area contributed by atoms with E-state index in [1.807, 2.05) is 65.4 Å². The first kappa shape index (κ1) is 20.8. The SMILES string of the molecule is CCOc1ccccc1-n1c(S)c(C(=O)Nc2ccc(OC)cc2)[n+]2cc(C)ccc12. The van der Waals surface area contributed by atoms with Gasteiger partial charge >= 0.3 is 5.91 Å². The lowest BCUT2D eigenvalue weighted by Crippen LogP contribution is -2.31. The second-order valence-electron chi connectivity index (χ2n) is 7.03. The van der Waals surface area contributed by atoms with Gasteiger partial charge in [-0.1, -0.05) is 24.8 Å². The molecule has 0 radical (unpaired) electrons. The zero-order valence-electron chi connectivity index (χ0n) is 17.6. The summed E-state index contributed by atoms with van der Waals surface area (Å²) in [6.45, 7) is 4.47. The maximum Gasteiger partial charge on any atom is 0.301 e. The number of fused-ring (bicyclic) bond motifs is 1. The van der Waals surface area contributed by atoms with Crippen molar-refractivity contribution >= 4 is 29.9 Å². The van der Waals surface area contributed by atoms with Crippen LogP contribution in [-0.2, 0) is 0 Å². The largest absolute Gasteiger partial charge is 0.497 e. The van der Waals surface area contributed by atoms with E-state index in [1.165, 1.54) is 0 Å². The number of aromatic nitrogens is 2. The Balaban J connectivity index is 1.85. The van der Waals surface area contributed by atoms with Crippen LogP contribution in [0.5, 0.6) is 11.5 Å². The van der Waals surface area contributed by atoms with Crippen LogP contribution in [-0.4, -0.2) is 24.2 Å². The molecule has 0 saturated heterocycles. The number of para-hydroxylation sites is 2. The summed E-state index contributed by atoms with van der Waals surface area (Å²) in [4.78, 5) is 13.3. The van der Waals surface area contributed by atoms with Crippen molar-refractivity contribution in [3.8, 4) is 17.2 Å². The second kappa shape index (κ2) is 8.73. The number of benzene rings is 2. The summed E-state index contributed by atoms with van der Waals surface area (Å²) in [5.74, 6) is 1.19. The highest BCUT2D eigenvalue weighted by Gasteiger charge is 2.31. The van der Waals surface area contributed by atoms with Gasteiger partial charge in [0.15, 0.2) is 11.4 Å². The lowest BCUT2D eigenvalue weighted by Gasteiger charge is -2.08. The van der Waals surface area contributed by atoms with Gasteiger partial charge in [-0.3, -0.25) is 4.79 Å². The van der Waals surface area contributed by atoms with Gasteiger partial charge < -0.3 is 14.8 Å². The van der Waals surface area contributed by atoms with E-state index < -0.39 is 0 Å². The smallest absolute Gasteiger partial charge is 0.301 e. The number of carbonyl (C=O) groups excluding carboxylic acids is 1. The van der Waals surface area contributed by atoms with Crippen LogP contribution in [0.15, 0.2) is 71.9 Å². The number of hydrogen-bond acceptors (Lipinski definition) is 4. The number of thiol groups is 1. The minimum atomic E-state index is -0.261. The van der Waals surface area contributed by atoms with Gasteiger partial charge in [0.05, 0.1) is 19.9 Å². The summed E-state index contributed by atoms with van der Waals surface area (Å²) in [6, 6.07) is 18.9. The average Bonchev–Trinajstić information content (AvgIpc) is 3.05. The normalized spacial score (nSPS) is 10.8.